The van der Waals surface area contributed by atoms with Gasteiger partial charge in [0.15, 0.2) is 11.5 Å². The summed E-state index contributed by atoms with van der Waals surface area (Å²) in [6.45, 7) is 2.32. The number of aromatic nitrogens is 2. The van der Waals surface area contributed by atoms with Gasteiger partial charge in [-0.25, -0.2) is 9.97 Å². The number of fused-ring (bicyclic) bond motifs is 1. The average molecular weight is 245 g/mol. The molecule has 1 aromatic carbocycles. The van der Waals surface area contributed by atoms with Crippen molar-refractivity contribution in [3.63, 3.8) is 0 Å². The number of benzene rings is 1. The second-order valence-electron chi connectivity index (χ2n) is 3.76. The van der Waals surface area contributed by atoms with Crippen molar-refractivity contribution in [2.24, 2.45) is 5.73 Å². The second kappa shape index (κ2) is 3.94. The summed E-state index contributed by atoms with van der Waals surface area (Å²) in [5.41, 5.74) is 9.19. The number of nitrogens with two attached hydrogens (primary N) is 1. The fourth-order valence-electron chi connectivity index (χ4n) is 1.71. The highest BCUT2D eigenvalue weighted by Crippen LogP contribution is 2.27. The van der Waals surface area contributed by atoms with Crippen molar-refractivity contribution in [3.05, 3.63) is 35.2 Å². The minimum Gasteiger partial charge on any atom is -0.441 e. The van der Waals surface area contributed by atoms with Crippen molar-refractivity contribution in [2.75, 3.05) is 0 Å². The molecule has 2 aromatic heterocycles. The van der Waals surface area contributed by atoms with Crippen molar-refractivity contribution < 1.29 is 4.42 Å². The lowest BCUT2D eigenvalue weighted by molar-refractivity contribution is 0.561. The Hall–Kier alpha value is -1.72. The van der Waals surface area contributed by atoms with E-state index in [4.69, 9.17) is 10.2 Å². The molecule has 2 N–H and O–H groups in total. The summed E-state index contributed by atoms with van der Waals surface area (Å²) < 4.78 is 5.44. The van der Waals surface area contributed by atoms with Gasteiger partial charge in [0.25, 0.3) is 0 Å². The number of thiazole rings is 1. The molecule has 0 amide bonds. The zero-order chi connectivity index (χ0) is 11.8. The maximum Gasteiger partial charge on any atom is 0.192 e. The molecule has 0 aliphatic rings. The van der Waals surface area contributed by atoms with Gasteiger partial charge in [0.05, 0.1) is 5.69 Å². The minimum absolute atomic E-state index is 0.474. The smallest absolute Gasteiger partial charge is 0.192 e. The van der Waals surface area contributed by atoms with Crippen LogP contribution in [0.4, 0.5) is 0 Å². The van der Waals surface area contributed by atoms with Gasteiger partial charge in [-0.05, 0) is 18.2 Å². The molecule has 17 heavy (non-hydrogen) atoms. The van der Waals surface area contributed by atoms with E-state index in [1.807, 2.05) is 30.5 Å². The van der Waals surface area contributed by atoms with Gasteiger partial charge in [0.2, 0.25) is 0 Å². The van der Waals surface area contributed by atoms with Crippen molar-refractivity contribution in [3.8, 4) is 10.6 Å². The van der Waals surface area contributed by atoms with Crippen LogP contribution in [0.3, 0.4) is 0 Å². The maximum atomic E-state index is 5.55. The van der Waals surface area contributed by atoms with Gasteiger partial charge in [0.1, 0.15) is 10.5 Å². The Balaban J connectivity index is 2.10. The monoisotopic (exact) mass is 245 g/mol. The molecular weight excluding hydrogens is 234 g/mol. The Morgan fingerprint density at radius 1 is 1.35 bits per heavy atom. The molecule has 0 aliphatic heterocycles. The molecule has 0 bridgehead atoms. The van der Waals surface area contributed by atoms with Crippen LogP contribution in [-0.2, 0) is 6.54 Å². The lowest BCUT2D eigenvalue weighted by atomic mass is 10.2. The first-order chi connectivity index (χ1) is 8.26. The zero-order valence-electron chi connectivity index (χ0n) is 9.30. The highest BCUT2D eigenvalue weighted by molar-refractivity contribution is 7.13. The molecule has 0 unspecified atom stereocenters. The van der Waals surface area contributed by atoms with E-state index in [-0.39, 0.29) is 0 Å². The predicted octanol–water partition coefficient (Wildman–Crippen LogP) is 2.72. The first-order valence-corrected chi connectivity index (χ1v) is 6.16. The summed E-state index contributed by atoms with van der Waals surface area (Å²) >= 11 is 1.59. The molecule has 0 radical (unpaired) electrons. The number of oxazole rings is 1. The molecule has 0 aliphatic carbocycles. The van der Waals surface area contributed by atoms with Gasteiger partial charge in [-0.1, -0.05) is 0 Å². The number of hydrogen-bond acceptors (Lipinski definition) is 5. The Morgan fingerprint density at radius 3 is 3.00 bits per heavy atom. The maximum absolute atomic E-state index is 5.55. The van der Waals surface area contributed by atoms with E-state index in [2.05, 4.69) is 9.97 Å². The molecule has 0 fully saturated rings. The third-order valence-electron chi connectivity index (χ3n) is 2.50. The van der Waals surface area contributed by atoms with Crippen LogP contribution < -0.4 is 5.73 Å². The molecular formula is C12H11N3OS. The summed E-state index contributed by atoms with van der Waals surface area (Å²) in [5.74, 6) is 0.680. The second-order valence-corrected chi connectivity index (χ2v) is 4.62. The molecule has 5 heteroatoms. The zero-order valence-corrected chi connectivity index (χ0v) is 10.1. The molecule has 4 nitrogen and oxygen atoms in total. The van der Waals surface area contributed by atoms with Crippen molar-refractivity contribution in [1.29, 1.82) is 0 Å². The van der Waals surface area contributed by atoms with Gasteiger partial charge in [-0.3, -0.25) is 0 Å². The van der Waals surface area contributed by atoms with E-state index < -0.39 is 0 Å². The first kappa shape index (κ1) is 10.4. The van der Waals surface area contributed by atoms with Crippen LogP contribution in [0.15, 0.2) is 28.0 Å². The van der Waals surface area contributed by atoms with Crippen LogP contribution in [0.5, 0.6) is 0 Å². The third kappa shape index (κ3) is 1.83. The van der Waals surface area contributed by atoms with Gasteiger partial charge >= 0.3 is 0 Å². The van der Waals surface area contributed by atoms with Gasteiger partial charge in [0, 0.05) is 24.4 Å². The van der Waals surface area contributed by atoms with E-state index in [1.54, 1.807) is 11.3 Å². The fourth-order valence-corrected chi connectivity index (χ4v) is 2.54. The highest BCUT2D eigenvalue weighted by atomic mass is 32.1. The Labute approximate surface area is 102 Å². The molecule has 0 atom stereocenters. The van der Waals surface area contributed by atoms with E-state index in [9.17, 15) is 0 Å². The number of rotatable bonds is 2. The summed E-state index contributed by atoms with van der Waals surface area (Å²) in [5, 5.41) is 2.95. The number of aryl methyl sites for hydroxylation is 1. The van der Waals surface area contributed by atoms with Crippen LogP contribution in [0.25, 0.3) is 21.7 Å². The lowest BCUT2D eigenvalue weighted by Gasteiger charge is -1.94. The van der Waals surface area contributed by atoms with Crippen LogP contribution in [0.2, 0.25) is 0 Å². The molecule has 2 heterocycles. The molecule has 0 saturated heterocycles. The fraction of sp³-hybridized carbons (Fsp3) is 0.167. The van der Waals surface area contributed by atoms with Crippen molar-refractivity contribution in [1.82, 2.24) is 9.97 Å². The third-order valence-corrected chi connectivity index (χ3v) is 3.44. The van der Waals surface area contributed by atoms with E-state index in [0.717, 1.165) is 27.4 Å². The first-order valence-electron chi connectivity index (χ1n) is 5.28. The summed E-state index contributed by atoms with van der Waals surface area (Å²) in [4.78, 5) is 8.76. The van der Waals surface area contributed by atoms with Crippen LogP contribution in [0.1, 0.15) is 11.6 Å². The molecule has 86 valence electrons. The van der Waals surface area contributed by atoms with Crippen LogP contribution in [-0.4, -0.2) is 9.97 Å². The minimum atomic E-state index is 0.474. The van der Waals surface area contributed by atoms with Crippen LogP contribution >= 0.6 is 11.3 Å². The Bertz CT molecular complexity index is 671. The summed E-state index contributed by atoms with van der Waals surface area (Å²) in [6, 6.07) is 5.91. The Morgan fingerprint density at radius 2 is 2.24 bits per heavy atom. The largest absolute Gasteiger partial charge is 0.441 e. The molecule has 3 rings (SSSR count). The summed E-state index contributed by atoms with van der Waals surface area (Å²) in [6.07, 6.45) is 0. The quantitative estimate of drug-likeness (QED) is 0.754. The molecule has 0 spiro atoms. The predicted molar refractivity (Wildman–Crippen MR) is 67.7 cm³/mol. The van der Waals surface area contributed by atoms with Crippen LogP contribution in [0, 0.1) is 6.92 Å². The molecule has 3 aromatic rings. The van der Waals surface area contributed by atoms with Crippen molar-refractivity contribution >= 4 is 22.4 Å². The van der Waals surface area contributed by atoms with Gasteiger partial charge < -0.3 is 10.2 Å². The van der Waals surface area contributed by atoms with Gasteiger partial charge in [-0.15, -0.1) is 11.3 Å². The lowest BCUT2D eigenvalue weighted by Crippen LogP contribution is -1.95. The highest BCUT2D eigenvalue weighted by Gasteiger charge is 2.07. The Kier molecular flexibility index (Phi) is 2.42. The molecule has 0 saturated carbocycles. The summed E-state index contributed by atoms with van der Waals surface area (Å²) in [7, 11) is 0. The van der Waals surface area contributed by atoms with Crippen molar-refractivity contribution in [2.45, 2.75) is 13.5 Å². The van der Waals surface area contributed by atoms with Gasteiger partial charge in [-0.2, -0.15) is 0 Å². The number of hydrogen-bond donors (Lipinski definition) is 1. The van der Waals surface area contributed by atoms with E-state index in [1.165, 1.54) is 0 Å². The average Bonchev–Trinajstić information content (AvgIpc) is 2.92. The normalized spacial score (nSPS) is 11.2. The standard InChI is InChI=1S/C12H11N3OS/c1-7-14-10-4-8(2-3-11(10)16-7)12-15-9(5-13)6-17-12/h2-4,6H,5,13H2,1H3. The van der Waals surface area contributed by atoms with E-state index >= 15 is 0 Å². The van der Waals surface area contributed by atoms with E-state index in [0.29, 0.717) is 12.4 Å². The SMILES string of the molecule is Cc1nc2cc(-c3nc(CN)cs3)ccc2o1. The number of nitrogens with zero attached hydrogens (tertiary/aromatic N) is 2. The topological polar surface area (TPSA) is 64.9 Å².